The summed E-state index contributed by atoms with van der Waals surface area (Å²) in [6, 6.07) is -0.396. The number of β-amino-alcohol motifs (C(OH)–C–C–N with tert-alkyl or cyclic N) is 1. The van der Waals surface area contributed by atoms with Gasteiger partial charge in [-0.1, -0.05) is 13.8 Å². The fourth-order valence-electron chi connectivity index (χ4n) is 2.41. The van der Waals surface area contributed by atoms with Crippen LogP contribution < -0.4 is 5.32 Å². The summed E-state index contributed by atoms with van der Waals surface area (Å²) in [4.78, 5) is 25.0. The summed E-state index contributed by atoms with van der Waals surface area (Å²) < 4.78 is 5.31. The zero-order chi connectivity index (χ0) is 14.0. The van der Waals surface area contributed by atoms with Crippen molar-refractivity contribution in [2.75, 3.05) is 19.8 Å². The molecule has 0 bridgehead atoms. The summed E-state index contributed by atoms with van der Waals surface area (Å²) in [5, 5.41) is 12.6. The molecule has 0 aromatic heterocycles. The van der Waals surface area contributed by atoms with Crippen LogP contribution in [0.3, 0.4) is 0 Å². The number of rotatable bonds is 6. The van der Waals surface area contributed by atoms with Crippen molar-refractivity contribution >= 4 is 11.9 Å². The second kappa shape index (κ2) is 5.46. The number of carbonyl (C=O) groups is 2. The molecule has 1 saturated heterocycles. The molecule has 6 nitrogen and oxygen atoms in total. The monoisotopic (exact) mass is 270 g/mol. The number of aliphatic hydroxyl groups is 1. The van der Waals surface area contributed by atoms with Crippen LogP contribution in [0.15, 0.2) is 0 Å². The highest BCUT2D eigenvalue weighted by atomic mass is 16.5. The van der Waals surface area contributed by atoms with E-state index in [4.69, 9.17) is 4.74 Å². The molecule has 1 heterocycles. The lowest BCUT2D eigenvalue weighted by molar-refractivity contribution is -0.135. The van der Waals surface area contributed by atoms with E-state index in [-0.39, 0.29) is 19.1 Å². The van der Waals surface area contributed by atoms with Gasteiger partial charge in [0.25, 0.3) is 5.91 Å². The lowest BCUT2D eigenvalue weighted by atomic mass is 9.77. The Hall–Kier alpha value is -1.14. The first-order chi connectivity index (χ1) is 8.94. The average molecular weight is 270 g/mol. The van der Waals surface area contributed by atoms with Gasteiger partial charge < -0.3 is 15.2 Å². The number of nitrogens with one attached hydrogen (secondary N) is 1. The molecule has 3 amide bonds. The van der Waals surface area contributed by atoms with Crippen LogP contribution in [0.4, 0.5) is 4.79 Å². The Labute approximate surface area is 113 Å². The lowest BCUT2D eigenvalue weighted by Crippen LogP contribution is -2.52. The highest BCUT2D eigenvalue weighted by Gasteiger charge is 2.54. The average Bonchev–Trinajstić information content (AvgIpc) is 2.52. The molecule has 2 N–H and O–H groups in total. The Bertz CT molecular complexity index is 366. The van der Waals surface area contributed by atoms with Gasteiger partial charge in [0.05, 0.1) is 19.3 Å². The number of hydrogen-bond donors (Lipinski definition) is 2. The third-order valence-electron chi connectivity index (χ3n) is 3.61. The molecule has 1 spiro atoms. The van der Waals surface area contributed by atoms with Crippen molar-refractivity contribution in [3.63, 3.8) is 0 Å². The predicted octanol–water partition coefficient (Wildman–Crippen LogP) is 0.494. The summed E-state index contributed by atoms with van der Waals surface area (Å²) in [5.41, 5.74) is -0.671. The minimum Gasteiger partial charge on any atom is -0.389 e. The van der Waals surface area contributed by atoms with Gasteiger partial charge in [0.2, 0.25) is 0 Å². The van der Waals surface area contributed by atoms with E-state index in [1.165, 1.54) is 0 Å². The third-order valence-corrected chi connectivity index (χ3v) is 3.61. The number of amides is 3. The molecule has 2 rings (SSSR count). The quantitative estimate of drug-likeness (QED) is 0.689. The van der Waals surface area contributed by atoms with Crippen LogP contribution in [0.25, 0.3) is 0 Å². The van der Waals surface area contributed by atoms with Crippen molar-refractivity contribution in [2.45, 2.75) is 44.8 Å². The molecule has 19 heavy (non-hydrogen) atoms. The van der Waals surface area contributed by atoms with Crippen molar-refractivity contribution in [3.8, 4) is 0 Å². The summed E-state index contributed by atoms with van der Waals surface area (Å²) in [6.07, 6.45) is 1.53. The Morgan fingerprint density at radius 1 is 1.37 bits per heavy atom. The number of carbonyl (C=O) groups excluding carboxylic acids is 2. The minimum absolute atomic E-state index is 0.00448. The number of hydrogen-bond acceptors (Lipinski definition) is 4. The molecule has 1 atom stereocenters. The molecule has 1 saturated carbocycles. The van der Waals surface area contributed by atoms with E-state index in [0.29, 0.717) is 25.4 Å². The molecular formula is C13H22N2O4. The molecule has 2 fully saturated rings. The van der Waals surface area contributed by atoms with Crippen LogP contribution >= 0.6 is 0 Å². The Morgan fingerprint density at radius 3 is 2.53 bits per heavy atom. The summed E-state index contributed by atoms with van der Waals surface area (Å²) >= 11 is 0. The Balaban J connectivity index is 1.82. The summed E-state index contributed by atoms with van der Waals surface area (Å²) in [6.45, 7) is 4.74. The second-order valence-electron chi connectivity index (χ2n) is 5.87. The molecule has 0 radical (unpaired) electrons. The summed E-state index contributed by atoms with van der Waals surface area (Å²) in [7, 11) is 0. The Morgan fingerprint density at radius 2 is 2.05 bits per heavy atom. The minimum atomic E-state index is -0.830. The third kappa shape index (κ3) is 2.90. The van der Waals surface area contributed by atoms with Crippen LogP contribution in [-0.4, -0.2) is 53.3 Å². The van der Waals surface area contributed by atoms with Crippen LogP contribution in [-0.2, 0) is 9.53 Å². The van der Waals surface area contributed by atoms with E-state index in [9.17, 15) is 14.7 Å². The topological polar surface area (TPSA) is 78.9 Å². The zero-order valence-electron chi connectivity index (χ0n) is 11.5. The lowest BCUT2D eigenvalue weighted by Gasteiger charge is -2.35. The Kier molecular flexibility index (Phi) is 4.10. The van der Waals surface area contributed by atoms with Crippen LogP contribution in [0.2, 0.25) is 0 Å². The first kappa shape index (κ1) is 14.3. The van der Waals surface area contributed by atoms with Crippen molar-refractivity contribution in [2.24, 2.45) is 5.92 Å². The first-order valence-corrected chi connectivity index (χ1v) is 6.84. The van der Waals surface area contributed by atoms with Gasteiger partial charge in [-0.3, -0.25) is 9.69 Å². The van der Waals surface area contributed by atoms with Gasteiger partial charge in [-0.05, 0) is 25.2 Å². The van der Waals surface area contributed by atoms with E-state index >= 15 is 0 Å². The summed E-state index contributed by atoms with van der Waals surface area (Å²) in [5.74, 6) is 0.189. The molecule has 1 aliphatic carbocycles. The van der Waals surface area contributed by atoms with Crippen molar-refractivity contribution < 1.29 is 19.4 Å². The van der Waals surface area contributed by atoms with Crippen LogP contribution in [0, 0.1) is 5.92 Å². The fourth-order valence-corrected chi connectivity index (χ4v) is 2.41. The second-order valence-corrected chi connectivity index (χ2v) is 5.87. The van der Waals surface area contributed by atoms with Gasteiger partial charge in [-0.25, -0.2) is 4.79 Å². The molecule has 108 valence electrons. The predicted molar refractivity (Wildman–Crippen MR) is 68.5 cm³/mol. The van der Waals surface area contributed by atoms with E-state index in [1.807, 2.05) is 13.8 Å². The smallest absolute Gasteiger partial charge is 0.325 e. The maximum atomic E-state index is 12.1. The van der Waals surface area contributed by atoms with Crippen LogP contribution in [0.5, 0.6) is 0 Å². The SMILES string of the molecule is CC(C)COCC(O)CN1C(=O)NC2(CCC2)C1=O. The molecule has 2 aliphatic rings. The van der Waals surface area contributed by atoms with E-state index in [2.05, 4.69) is 5.32 Å². The fraction of sp³-hybridized carbons (Fsp3) is 0.846. The molecule has 0 aromatic carbocycles. The zero-order valence-corrected chi connectivity index (χ0v) is 11.5. The van der Waals surface area contributed by atoms with Gasteiger partial charge >= 0.3 is 6.03 Å². The maximum absolute atomic E-state index is 12.1. The number of aliphatic hydroxyl groups excluding tert-OH is 1. The van der Waals surface area contributed by atoms with E-state index in [0.717, 1.165) is 11.3 Å². The standard InChI is InChI=1S/C13H22N2O4/c1-9(2)7-19-8-10(16)6-15-11(17)13(4-3-5-13)14-12(15)18/h9-10,16H,3-8H2,1-2H3,(H,14,18). The van der Waals surface area contributed by atoms with Gasteiger partial charge in [0.15, 0.2) is 0 Å². The van der Waals surface area contributed by atoms with Crippen molar-refractivity contribution in [1.29, 1.82) is 0 Å². The normalized spacial score (nSPS) is 22.8. The number of nitrogens with zero attached hydrogens (tertiary/aromatic N) is 1. The maximum Gasteiger partial charge on any atom is 0.325 e. The highest BCUT2D eigenvalue weighted by molar-refractivity contribution is 6.07. The molecular weight excluding hydrogens is 248 g/mol. The molecule has 1 unspecified atom stereocenters. The molecule has 0 aromatic rings. The largest absolute Gasteiger partial charge is 0.389 e. The van der Waals surface area contributed by atoms with Crippen molar-refractivity contribution in [3.05, 3.63) is 0 Å². The number of urea groups is 1. The van der Waals surface area contributed by atoms with E-state index in [1.54, 1.807) is 0 Å². The number of imide groups is 1. The molecule has 6 heteroatoms. The van der Waals surface area contributed by atoms with Gasteiger partial charge in [-0.2, -0.15) is 0 Å². The van der Waals surface area contributed by atoms with E-state index < -0.39 is 17.7 Å². The van der Waals surface area contributed by atoms with Gasteiger partial charge in [0.1, 0.15) is 5.54 Å². The first-order valence-electron chi connectivity index (χ1n) is 6.84. The highest BCUT2D eigenvalue weighted by Crippen LogP contribution is 2.37. The molecule has 1 aliphatic heterocycles. The van der Waals surface area contributed by atoms with Gasteiger partial charge in [-0.15, -0.1) is 0 Å². The van der Waals surface area contributed by atoms with Gasteiger partial charge in [0, 0.05) is 6.61 Å². The number of ether oxygens (including phenoxy) is 1. The van der Waals surface area contributed by atoms with Crippen molar-refractivity contribution in [1.82, 2.24) is 10.2 Å². The van der Waals surface area contributed by atoms with Crippen LogP contribution in [0.1, 0.15) is 33.1 Å².